The predicted molar refractivity (Wildman–Crippen MR) is 94.8 cm³/mol. The summed E-state index contributed by atoms with van der Waals surface area (Å²) >= 11 is 11.7. The second-order valence-electron chi connectivity index (χ2n) is 4.88. The summed E-state index contributed by atoms with van der Waals surface area (Å²) in [6.07, 6.45) is 0.996. The van der Waals surface area contributed by atoms with Gasteiger partial charge in [-0.05, 0) is 42.3 Å². The Hall–Kier alpha value is -1.91. The van der Waals surface area contributed by atoms with E-state index in [1.807, 2.05) is 24.3 Å². The molecular formula is C17H18Cl2N2O2. The zero-order valence-corrected chi connectivity index (χ0v) is 14.2. The molecule has 0 bridgehead atoms. The number of carbonyl (C=O) groups excluding carboxylic acids is 1. The molecule has 0 saturated heterocycles. The SMILES string of the molecule is CCc1ccc(OCCNC(=O)Nc2cc(Cl)cc(Cl)c2)cc1. The summed E-state index contributed by atoms with van der Waals surface area (Å²) < 4.78 is 5.56. The van der Waals surface area contributed by atoms with E-state index in [0.29, 0.717) is 28.9 Å². The fourth-order valence-electron chi connectivity index (χ4n) is 1.96. The quantitative estimate of drug-likeness (QED) is 0.736. The molecule has 122 valence electrons. The van der Waals surface area contributed by atoms with Gasteiger partial charge in [-0.3, -0.25) is 0 Å². The molecule has 2 aromatic rings. The van der Waals surface area contributed by atoms with Crippen molar-refractivity contribution in [2.75, 3.05) is 18.5 Å². The van der Waals surface area contributed by atoms with Gasteiger partial charge in [-0.25, -0.2) is 4.79 Å². The van der Waals surface area contributed by atoms with E-state index in [4.69, 9.17) is 27.9 Å². The van der Waals surface area contributed by atoms with Gasteiger partial charge in [0.15, 0.2) is 0 Å². The van der Waals surface area contributed by atoms with Crippen LogP contribution in [-0.4, -0.2) is 19.2 Å². The molecule has 2 N–H and O–H groups in total. The number of aryl methyl sites for hydroxylation is 1. The van der Waals surface area contributed by atoms with E-state index in [2.05, 4.69) is 17.6 Å². The largest absolute Gasteiger partial charge is 0.492 e. The van der Waals surface area contributed by atoms with Crippen molar-refractivity contribution >= 4 is 34.9 Å². The molecule has 0 heterocycles. The van der Waals surface area contributed by atoms with Crippen LogP contribution in [0, 0.1) is 0 Å². The highest BCUT2D eigenvalue weighted by Gasteiger charge is 2.03. The van der Waals surface area contributed by atoms with Gasteiger partial charge in [-0.15, -0.1) is 0 Å². The molecule has 0 unspecified atom stereocenters. The van der Waals surface area contributed by atoms with Crippen LogP contribution in [-0.2, 0) is 6.42 Å². The maximum Gasteiger partial charge on any atom is 0.319 e. The Morgan fingerprint density at radius 2 is 1.74 bits per heavy atom. The first kappa shape index (κ1) is 17.4. The van der Waals surface area contributed by atoms with E-state index < -0.39 is 0 Å². The third kappa shape index (κ3) is 6.00. The Morgan fingerprint density at radius 3 is 2.35 bits per heavy atom. The maximum absolute atomic E-state index is 11.8. The Bertz CT molecular complexity index is 640. The number of halogens is 2. The fourth-order valence-corrected chi connectivity index (χ4v) is 2.48. The van der Waals surface area contributed by atoms with Crippen molar-refractivity contribution in [1.29, 1.82) is 0 Å². The highest BCUT2D eigenvalue weighted by atomic mass is 35.5. The molecule has 0 aliphatic heterocycles. The van der Waals surface area contributed by atoms with Crippen molar-refractivity contribution in [3.63, 3.8) is 0 Å². The summed E-state index contributed by atoms with van der Waals surface area (Å²) in [5.74, 6) is 0.783. The Labute approximate surface area is 145 Å². The van der Waals surface area contributed by atoms with E-state index in [-0.39, 0.29) is 6.03 Å². The third-order valence-corrected chi connectivity index (χ3v) is 3.54. The van der Waals surface area contributed by atoms with Gasteiger partial charge in [0.2, 0.25) is 0 Å². The van der Waals surface area contributed by atoms with Gasteiger partial charge < -0.3 is 15.4 Å². The number of rotatable bonds is 6. The van der Waals surface area contributed by atoms with Gasteiger partial charge in [-0.1, -0.05) is 42.3 Å². The van der Waals surface area contributed by atoms with Gasteiger partial charge in [-0.2, -0.15) is 0 Å². The lowest BCUT2D eigenvalue weighted by Gasteiger charge is -2.10. The van der Waals surface area contributed by atoms with Gasteiger partial charge in [0, 0.05) is 15.7 Å². The number of amides is 2. The molecule has 2 aromatic carbocycles. The zero-order valence-electron chi connectivity index (χ0n) is 12.7. The van der Waals surface area contributed by atoms with Gasteiger partial charge in [0.05, 0.1) is 6.54 Å². The average molecular weight is 353 g/mol. The molecule has 0 aliphatic rings. The van der Waals surface area contributed by atoms with Crippen molar-refractivity contribution in [2.24, 2.45) is 0 Å². The van der Waals surface area contributed by atoms with Crippen LogP contribution in [0.4, 0.5) is 10.5 Å². The first-order chi connectivity index (χ1) is 11.1. The highest BCUT2D eigenvalue weighted by Crippen LogP contribution is 2.22. The first-order valence-electron chi connectivity index (χ1n) is 7.29. The number of ether oxygens (including phenoxy) is 1. The zero-order chi connectivity index (χ0) is 16.7. The minimum atomic E-state index is -0.340. The van der Waals surface area contributed by atoms with Crippen molar-refractivity contribution in [2.45, 2.75) is 13.3 Å². The molecule has 0 atom stereocenters. The third-order valence-electron chi connectivity index (χ3n) is 3.11. The van der Waals surface area contributed by atoms with E-state index >= 15 is 0 Å². The monoisotopic (exact) mass is 352 g/mol. The van der Waals surface area contributed by atoms with Crippen LogP contribution in [0.15, 0.2) is 42.5 Å². The normalized spacial score (nSPS) is 10.2. The number of nitrogens with one attached hydrogen (secondary N) is 2. The second kappa shape index (κ2) is 8.65. The standard InChI is InChI=1S/C17H18Cl2N2O2/c1-2-12-3-5-16(6-4-12)23-8-7-20-17(22)21-15-10-13(18)9-14(19)11-15/h3-6,9-11H,2,7-8H2,1H3,(H2,20,21,22). The minimum absolute atomic E-state index is 0.340. The van der Waals surface area contributed by atoms with Crippen molar-refractivity contribution in [3.8, 4) is 5.75 Å². The summed E-state index contributed by atoms with van der Waals surface area (Å²) in [6.45, 7) is 2.87. The molecule has 0 saturated carbocycles. The molecule has 6 heteroatoms. The second-order valence-corrected chi connectivity index (χ2v) is 5.76. The summed E-state index contributed by atoms with van der Waals surface area (Å²) in [5.41, 5.74) is 1.80. The van der Waals surface area contributed by atoms with Crippen LogP contribution in [0.25, 0.3) is 0 Å². The van der Waals surface area contributed by atoms with Crippen LogP contribution >= 0.6 is 23.2 Å². The van der Waals surface area contributed by atoms with Crippen LogP contribution in [0.5, 0.6) is 5.75 Å². The molecular weight excluding hydrogens is 335 g/mol. The Morgan fingerprint density at radius 1 is 1.09 bits per heavy atom. The molecule has 4 nitrogen and oxygen atoms in total. The number of hydrogen-bond acceptors (Lipinski definition) is 2. The summed E-state index contributed by atoms with van der Waals surface area (Å²) in [7, 11) is 0. The van der Waals surface area contributed by atoms with E-state index in [1.54, 1.807) is 18.2 Å². The molecule has 2 amide bonds. The number of urea groups is 1. The van der Waals surface area contributed by atoms with Crippen LogP contribution in [0.3, 0.4) is 0 Å². The number of hydrogen-bond donors (Lipinski definition) is 2. The first-order valence-corrected chi connectivity index (χ1v) is 8.05. The summed E-state index contributed by atoms with van der Waals surface area (Å²) in [6, 6.07) is 12.4. The lowest BCUT2D eigenvalue weighted by molar-refractivity contribution is 0.247. The molecule has 0 aliphatic carbocycles. The van der Waals surface area contributed by atoms with Crippen molar-refractivity contribution in [3.05, 3.63) is 58.1 Å². The molecule has 0 aromatic heterocycles. The molecule has 0 radical (unpaired) electrons. The number of benzene rings is 2. The smallest absolute Gasteiger partial charge is 0.319 e. The lowest BCUT2D eigenvalue weighted by atomic mass is 10.2. The number of carbonyl (C=O) groups is 1. The van der Waals surface area contributed by atoms with Crippen LogP contribution < -0.4 is 15.4 Å². The Kier molecular flexibility index (Phi) is 6.56. The van der Waals surface area contributed by atoms with Gasteiger partial charge >= 0.3 is 6.03 Å². The summed E-state index contributed by atoms with van der Waals surface area (Å²) in [5, 5.41) is 6.29. The fraction of sp³-hybridized carbons (Fsp3) is 0.235. The molecule has 23 heavy (non-hydrogen) atoms. The molecule has 2 rings (SSSR count). The van der Waals surface area contributed by atoms with Gasteiger partial charge in [0.25, 0.3) is 0 Å². The average Bonchev–Trinajstić information content (AvgIpc) is 2.51. The molecule has 0 spiro atoms. The number of anilines is 1. The van der Waals surface area contributed by atoms with Crippen LogP contribution in [0.1, 0.15) is 12.5 Å². The molecule has 0 fully saturated rings. The Balaban J connectivity index is 1.71. The van der Waals surface area contributed by atoms with Crippen LogP contribution in [0.2, 0.25) is 10.0 Å². The predicted octanol–water partition coefficient (Wildman–Crippen LogP) is 4.76. The summed E-state index contributed by atoms with van der Waals surface area (Å²) in [4.78, 5) is 11.8. The van der Waals surface area contributed by atoms with Crippen molar-refractivity contribution < 1.29 is 9.53 Å². The van der Waals surface area contributed by atoms with E-state index in [9.17, 15) is 4.79 Å². The van der Waals surface area contributed by atoms with Gasteiger partial charge in [0.1, 0.15) is 12.4 Å². The van der Waals surface area contributed by atoms with E-state index in [1.165, 1.54) is 5.56 Å². The van der Waals surface area contributed by atoms with E-state index in [0.717, 1.165) is 12.2 Å². The van der Waals surface area contributed by atoms with Crippen molar-refractivity contribution in [1.82, 2.24) is 5.32 Å². The maximum atomic E-state index is 11.8. The topological polar surface area (TPSA) is 50.4 Å². The lowest BCUT2D eigenvalue weighted by Crippen LogP contribution is -2.32. The minimum Gasteiger partial charge on any atom is -0.492 e. The highest BCUT2D eigenvalue weighted by molar-refractivity contribution is 6.35.